The lowest BCUT2D eigenvalue weighted by Crippen LogP contribution is -2.32. The fraction of sp³-hybridized carbons (Fsp3) is 0.364. The number of benzene rings is 1. The summed E-state index contributed by atoms with van der Waals surface area (Å²) in [6.45, 7) is 3.12. The number of anilines is 1. The van der Waals surface area contributed by atoms with E-state index in [-0.39, 0.29) is 11.4 Å². The monoisotopic (exact) mass is 257 g/mol. The molecule has 0 aromatic heterocycles. The second-order valence-electron chi connectivity index (χ2n) is 4.69. The molecule has 1 aromatic carbocycles. The van der Waals surface area contributed by atoms with Crippen LogP contribution in [0.3, 0.4) is 0 Å². The predicted molar refractivity (Wildman–Crippen MR) is 61.5 cm³/mol. The van der Waals surface area contributed by atoms with Gasteiger partial charge in [0.05, 0.1) is 16.9 Å². The van der Waals surface area contributed by atoms with Gasteiger partial charge in [-0.3, -0.25) is 4.79 Å². The molecule has 0 radical (unpaired) electrons. The molecule has 2 rings (SSSR count). The van der Waals surface area contributed by atoms with Gasteiger partial charge in [-0.1, -0.05) is 6.07 Å². The number of hydrogen-bond donors (Lipinski definition) is 0. The number of halogens is 1. The van der Waals surface area contributed by atoms with E-state index < -0.39 is 27.2 Å². The summed E-state index contributed by atoms with van der Waals surface area (Å²) in [5, 5.41) is 0. The molecule has 0 unspecified atom stereocenters. The molecule has 1 aromatic rings. The highest BCUT2D eigenvalue weighted by Crippen LogP contribution is 2.35. The quantitative estimate of drug-likeness (QED) is 0.766. The standard InChI is InChI=1S/C11H12FNO3S/c1-11(2)7-17(15,16)13(10(11)14)9-5-3-4-8(12)6-9/h3-6H,7H2,1-2H3. The normalized spacial score (nSPS) is 21.8. The van der Waals surface area contributed by atoms with Gasteiger partial charge in [-0.05, 0) is 32.0 Å². The molecule has 0 saturated carbocycles. The van der Waals surface area contributed by atoms with Gasteiger partial charge in [0, 0.05) is 0 Å². The SMILES string of the molecule is CC1(C)CS(=O)(=O)N(c2cccc(F)c2)C1=O. The van der Waals surface area contributed by atoms with Crippen LogP contribution in [0.5, 0.6) is 0 Å². The average Bonchev–Trinajstić information content (AvgIpc) is 2.31. The van der Waals surface area contributed by atoms with E-state index in [1.807, 2.05) is 0 Å². The second-order valence-corrected chi connectivity index (χ2v) is 6.51. The van der Waals surface area contributed by atoms with E-state index >= 15 is 0 Å². The van der Waals surface area contributed by atoms with E-state index in [2.05, 4.69) is 0 Å². The van der Waals surface area contributed by atoms with Gasteiger partial charge in [-0.15, -0.1) is 0 Å². The maximum atomic E-state index is 13.1. The van der Waals surface area contributed by atoms with Crippen molar-refractivity contribution in [3.63, 3.8) is 0 Å². The van der Waals surface area contributed by atoms with Gasteiger partial charge >= 0.3 is 0 Å². The van der Waals surface area contributed by atoms with Crippen LogP contribution in [0.25, 0.3) is 0 Å². The molecule has 1 heterocycles. The Kier molecular flexibility index (Phi) is 2.50. The van der Waals surface area contributed by atoms with Gasteiger partial charge in [-0.25, -0.2) is 17.1 Å². The maximum Gasteiger partial charge on any atom is 0.247 e. The maximum absolute atomic E-state index is 13.1. The van der Waals surface area contributed by atoms with Gasteiger partial charge in [0.2, 0.25) is 15.9 Å². The van der Waals surface area contributed by atoms with Gasteiger partial charge in [-0.2, -0.15) is 0 Å². The van der Waals surface area contributed by atoms with Crippen LogP contribution in [0, 0.1) is 11.2 Å². The van der Waals surface area contributed by atoms with Gasteiger partial charge in [0.25, 0.3) is 0 Å². The number of carbonyl (C=O) groups excluding carboxylic acids is 1. The molecule has 6 heteroatoms. The first-order chi connectivity index (χ1) is 7.74. The third-order valence-corrected chi connectivity index (χ3v) is 4.65. The largest absolute Gasteiger partial charge is 0.273 e. The van der Waals surface area contributed by atoms with Crippen molar-refractivity contribution in [2.24, 2.45) is 5.41 Å². The van der Waals surface area contributed by atoms with E-state index in [4.69, 9.17) is 0 Å². The summed E-state index contributed by atoms with van der Waals surface area (Å²) >= 11 is 0. The molecule has 1 aliphatic heterocycles. The number of amides is 1. The summed E-state index contributed by atoms with van der Waals surface area (Å²) in [6, 6.07) is 5.01. The van der Waals surface area contributed by atoms with Gasteiger partial charge in [0.1, 0.15) is 5.82 Å². The highest BCUT2D eigenvalue weighted by Gasteiger charge is 2.49. The second kappa shape index (κ2) is 3.53. The minimum absolute atomic E-state index is 0.0561. The summed E-state index contributed by atoms with van der Waals surface area (Å²) in [6.07, 6.45) is 0. The van der Waals surface area contributed by atoms with Crippen LogP contribution in [-0.2, 0) is 14.8 Å². The Bertz CT molecular complexity index is 580. The Morgan fingerprint density at radius 1 is 1.35 bits per heavy atom. The molecule has 17 heavy (non-hydrogen) atoms. The Labute approximate surface area is 99.1 Å². The Balaban J connectivity index is 2.56. The van der Waals surface area contributed by atoms with Crippen molar-refractivity contribution in [3.8, 4) is 0 Å². The summed E-state index contributed by atoms with van der Waals surface area (Å²) < 4.78 is 37.5. The summed E-state index contributed by atoms with van der Waals surface area (Å²) in [7, 11) is -3.70. The van der Waals surface area contributed by atoms with Crippen LogP contribution < -0.4 is 4.31 Å². The number of nitrogens with zero attached hydrogens (tertiary/aromatic N) is 1. The smallest absolute Gasteiger partial charge is 0.247 e. The van der Waals surface area contributed by atoms with Crippen LogP contribution in [0.1, 0.15) is 13.8 Å². The minimum Gasteiger partial charge on any atom is -0.273 e. The molecular weight excluding hydrogens is 245 g/mol. The third kappa shape index (κ3) is 1.93. The van der Waals surface area contributed by atoms with Crippen LogP contribution >= 0.6 is 0 Å². The lowest BCUT2D eigenvalue weighted by Gasteiger charge is -2.17. The average molecular weight is 257 g/mol. The predicted octanol–water partition coefficient (Wildman–Crippen LogP) is 1.53. The van der Waals surface area contributed by atoms with E-state index in [9.17, 15) is 17.6 Å². The Morgan fingerprint density at radius 2 is 2.00 bits per heavy atom. The van der Waals surface area contributed by atoms with Crippen molar-refractivity contribution in [1.29, 1.82) is 0 Å². The third-order valence-electron chi connectivity index (χ3n) is 2.63. The van der Waals surface area contributed by atoms with Crippen molar-refractivity contribution in [2.75, 3.05) is 10.1 Å². The van der Waals surface area contributed by atoms with Crippen molar-refractivity contribution in [3.05, 3.63) is 30.1 Å². The topological polar surface area (TPSA) is 54.5 Å². The van der Waals surface area contributed by atoms with Gasteiger partial charge < -0.3 is 0 Å². The number of rotatable bonds is 1. The van der Waals surface area contributed by atoms with E-state index in [0.29, 0.717) is 4.31 Å². The minimum atomic E-state index is -3.70. The molecule has 0 bridgehead atoms. The first-order valence-electron chi connectivity index (χ1n) is 5.07. The molecule has 1 aliphatic rings. The van der Waals surface area contributed by atoms with E-state index in [0.717, 1.165) is 6.07 Å². The summed E-state index contributed by atoms with van der Waals surface area (Å²) in [5.41, 5.74) is -0.911. The first kappa shape index (κ1) is 12.0. The Hall–Kier alpha value is -1.43. The van der Waals surface area contributed by atoms with Crippen molar-refractivity contribution in [2.45, 2.75) is 13.8 Å². The lowest BCUT2D eigenvalue weighted by molar-refractivity contribution is -0.123. The van der Waals surface area contributed by atoms with Crippen molar-refractivity contribution in [1.82, 2.24) is 0 Å². The molecule has 92 valence electrons. The van der Waals surface area contributed by atoms with Crippen molar-refractivity contribution >= 4 is 21.6 Å². The highest BCUT2D eigenvalue weighted by molar-refractivity contribution is 7.94. The molecule has 0 N–H and O–H groups in total. The van der Waals surface area contributed by atoms with Crippen LogP contribution in [0.15, 0.2) is 24.3 Å². The number of carbonyl (C=O) groups is 1. The molecule has 1 amide bonds. The number of hydrogen-bond acceptors (Lipinski definition) is 3. The highest BCUT2D eigenvalue weighted by atomic mass is 32.2. The zero-order valence-corrected chi connectivity index (χ0v) is 10.3. The van der Waals surface area contributed by atoms with Crippen LogP contribution in [0.2, 0.25) is 0 Å². The molecule has 0 spiro atoms. The first-order valence-corrected chi connectivity index (χ1v) is 6.68. The molecular formula is C11H12FNO3S. The lowest BCUT2D eigenvalue weighted by atomic mass is 9.95. The molecule has 0 atom stereocenters. The Morgan fingerprint density at radius 3 is 2.47 bits per heavy atom. The summed E-state index contributed by atoms with van der Waals surface area (Å²) in [4.78, 5) is 12.0. The molecule has 4 nitrogen and oxygen atoms in total. The summed E-state index contributed by atoms with van der Waals surface area (Å²) in [5.74, 6) is -1.35. The number of sulfonamides is 1. The fourth-order valence-electron chi connectivity index (χ4n) is 1.86. The molecule has 0 aliphatic carbocycles. The zero-order valence-electron chi connectivity index (χ0n) is 9.47. The molecule has 1 saturated heterocycles. The van der Waals surface area contributed by atoms with Crippen LogP contribution in [-0.4, -0.2) is 20.1 Å². The zero-order chi connectivity index (χ0) is 12.8. The molecule has 1 fully saturated rings. The van der Waals surface area contributed by atoms with Gasteiger partial charge in [0.15, 0.2) is 0 Å². The van der Waals surface area contributed by atoms with Crippen LogP contribution in [0.4, 0.5) is 10.1 Å². The van der Waals surface area contributed by atoms with E-state index in [1.165, 1.54) is 18.2 Å². The fourth-order valence-corrected chi connectivity index (χ4v) is 3.96. The van der Waals surface area contributed by atoms with Crippen molar-refractivity contribution < 1.29 is 17.6 Å². The van der Waals surface area contributed by atoms with E-state index in [1.54, 1.807) is 13.8 Å².